The lowest BCUT2D eigenvalue weighted by atomic mass is 10.2. The second kappa shape index (κ2) is 8.17. The molecule has 0 aliphatic heterocycles. The lowest BCUT2D eigenvalue weighted by molar-refractivity contribution is 0.391. The van der Waals surface area contributed by atoms with Crippen molar-refractivity contribution in [1.29, 1.82) is 0 Å². The summed E-state index contributed by atoms with van der Waals surface area (Å²) < 4.78 is 0. The van der Waals surface area contributed by atoms with E-state index >= 15 is 0 Å². The molecule has 0 heterocycles. The van der Waals surface area contributed by atoms with Crippen LogP contribution in [0.2, 0.25) is 0 Å². The average Bonchev–Trinajstić information content (AvgIpc) is 2.29. The molecule has 0 amide bonds. The lowest BCUT2D eigenvalue weighted by Gasteiger charge is -2.09. The minimum Gasteiger partial charge on any atom is -0.385 e. The summed E-state index contributed by atoms with van der Waals surface area (Å²) in [6.45, 7) is 2.30. The highest BCUT2D eigenvalue weighted by molar-refractivity contribution is 5.42. The quantitative estimate of drug-likeness (QED) is 0.677. The topological polar surface area (TPSA) is 15.3 Å². The van der Waals surface area contributed by atoms with Crippen molar-refractivity contribution in [2.45, 2.75) is 25.7 Å². The maximum atomic E-state index is 3.43. The van der Waals surface area contributed by atoms with E-state index in [0.717, 1.165) is 6.54 Å². The lowest BCUT2D eigenvalue weighted by Crippen LogP contribution is -2.12. The van der Waals surface area contributed by atoms with E-state index in [9.17, 15) is 0 Å². The summed E-state index contributed by atoms with van der Waals surface area (Å²) in [5.41, 5.74) is 1.23. The number of nitrogens with zero attached hydrogens (tertiary/aromatic N) is 1. The van der Waals surface area contributed by atoms with Gasteiger partial charge in [0.2, 0.25) is 0 Å². The predicted octanol–water partition coefficient (Wildman–Crippen LogP) is 3.22. The molecule has 0 atom stereocenters. The van der Waals surface area contributed by atoms with Gasteiger partial charge >= 0.3 is 0 Å². The Kier molecular flexibility index (Phi) is 6.66. The van der Waals surface area contributed by atoms with Gasteiger partial charge in [-0.2, -0.15) is 0 Å². The molecule has 90 valence electrons. The third-order valence-electron chi connectivity index (χ3n) is 2.64. The van der Waals surface area contributed by atoms with E-state index in [4.69, 9.17) is 0 Å². The van der Waals surface area contributed by atoms with Crippen molar-refractivity contribution in [3.05, 3.63) is 30.3 Å². The summed E-state index contributed by atoms with van der Waals surface area (Å²) in [7, 11) is 4.27. The Balaban J connectivity index is 1.93. The summed E-state index contributed by atoms with van der Waals surface area (Å²) in [5.74, 6) is 0. The summed E-state index contributed by atoms with van der Waals surface area (Å²) in [6.07, 6.45) is 5.25. The Bertz CT molecular complexity index is 257. The molecule has 0 fully saturated rings. The molecule has 1 N–H and O–H groups in total. The molecule has 0 bridgehead atoms. The standard InChI is InChI=1S/C14H24N2/c1-16(2)13-9-4-3-8-12-15-14-10-6-5-7-11-14/h5-7,10-11,15H,3-4,8-9,12-13H2,1-2H3. The van der Waals surface area contributed by atoms with Gasteiger partial charge in [-0.3, -0.25) is 0 Å². The van der Waals surface area contributed by atoms with Crippen LogP contribution in [0, 0.1) is 0 Å². The van der Waals surface area contributed by atoms with Gasteiger partial charge in [-0.05, 0) is 45.6 Å². The average molecular weight is 220 g/mol. The Morgan fingerprint density at radius 1 is 0.938 bits per heavy atom. The van der Waals surface area contributed by atoms with Crippen LogP contribution in [0.15, 0.2) is 30.3 Å². The Morgan fingerprint density at radius 3 is 2.31 bits per heavy atom. The molecule has 1 rings (SSSR count). The van der Waals surface area contributed by atoms with Crippen LogP contribution in [0.25, 0.3) is 0 Å². The van der Waals surface area contributed by atoms with Crippen LogP contribution in [0.3, 0.4) is 0 Å². The number of rotatable bonds is 8. The molecule has 0 aliphatic carbocycles. The van der Waals surface area contributed by atoms with Crippen molar-refractivity contribution in [3.8, 4) is 0 Å². The second-order valence-electron chi connectivity index (χ2n) is 4.51. The molecule has 0 unspecified atom stereocenters. The summed E-state index contributed by atoms with van der Waals surface area (Å²) >= 11 is 0. The SMILES string of the molecule is CN(C)CCCCCCNc1ccccc1. The molecular weight excluding hydrogens is 196 g/mol. The molecule has 0 aromatic heterocycles. The summed E-state index contributed by atoms with van der Waals surface area (Å²) in [4.78, 5) is 2.25. The largest absolute Gasteiger partial charge is 0.385 e. The second-order valence-corrected chi connectivity index (χ2v) is 4.51. The number of anilines is 1. The van der Waals surface area contributed by atoms with Crippen LogP contribution in [0.5, 0.6) is 0 Å². The molecular formula is C14H24N2. The van der Waals surface area contributed by atoms with E-state index < -0.39 is 0 Å². The van der Waals surface area contributed by atoms with Crippen molar-refractivity contribution in [2.75, 3.05) is 32.5 Å². The zero-order valence-electron chi connectivity index (χ0n) is 10.6. The Morgan fingerprint density at radius 2 is 1.62 bits per heavy atom. The fraction of sp³-hybridized carbons (Fsp3) is 0.571. The fourth-order valence-corrected chi connectivity index (χ4v) is 1.70. The van der Waals surface area contributed by atoms with Gasteiger partial charge in [0, 0.05) is 12.2 Å². The third kappa shape index (κ3) is 6.46. The smallest absolute Gasteiger partial charge is 0.0340 e. The highest BCUT2D eigenvalue weighted by atomic mass is 15.0. The van der Waals surface area contributed by atoms with Gasteiger partial charge in [0.05, 0.1) is 0 Å². The van der Waals surface area contributed by atoms with Crippen molar-refractivity contribution < 1.29 is 0 Å². The number of nitrogens with one attached hydrogen (secondary N) is 1. The number of unbranched alkanes of at least 4 members (excludes halogenated alkanes) is 3. The highest BCUT2D eigenvalue weighted by Crippen LogP contribution is 2.06. The van der Waals surface area contributed by atoms with Crippen LogP contribution in [-0.2, 0) is 0 Å². The van der Waals surface area contributed by atoms with Crippen LogP contribution in [-0.4, -0.2) is 32.1 Å². The Labute approximate surface area is 99.7 Å². The number of benzene rings is 1. The highest BCUT2D eigenvalue weighted by Gasteiger charge is 1.93. The summed E-state index contributed by atoms with van der Waals surface area (Å²) in [5, 5.41) is 3.43. The van der Waals surface area contributed by atoms with Crippen LogP contribution in [0.1, 0.15) is 25.7 Å². The number of para-hydroxylation sites is 1. The minimum atomic E-state index is 1.09. The van der Waals surface area contributed by atoms with Crippen molar-refractivity contribution >= 4 is 5.69 Å². The minimum absolute atomic E-state index is 1.09. The van der Waals surface area contributed by atoms with Crippen molar-refractivity contribution in [1.82, 2.24) is 4.90 Å². The maximum absolute atomic E-state index is 3.43. The van der Waals surface area contributed by atoms with E-state index in [2.05, 4.69) is 48.6 Å². The van der Waals surface area contributed by atoms with E-state index in [1.807, 2.05) is 6.07 Å². The van der Waals surface area contributed by atoms with Gasteiger partial charge in [0.25, 0.3) is 0 Å². The molecule has 1 aromatic carbocycles. The molecule has 1 aromatic rings. The van der Waals surface area contributed by atoms with Gasteiger partial charge in [0.1, 0.15) is 0 Å². The van der Waals surface area contributed by atoms with Gasteiger partial charge in [-0.15, -0.1) is 0 Å². The van der Waals surface area contributed by atoms with Gasteiger partial charge in [-0.25, -0.2) is 0 Å². The van der Waals surface area contributed by atoms with Gasteiger partial charge in [-0.1, -0.05) is 31.0 Å². The number of hydrogen-bond acceptors (Lipinski definition) is 2. The first-order valence-electron chi connectivity index (χ1n) is 6.22. The third-order valence-corrected chi connectivity index (χ3v) is 2.64. The molecule has 0 spiro atoms. The van der Waals surface area contributed by atoms with Crippen molar-refractivity contribution in [2.24, 2.45) is 0 Å². The molecule has 16 heavy (non-hydrogen) atoms. The zero-order chi connectivity index (χ0) is 11.6. The van der Waals surface area contributed by atoms with Crippen LogP contribution >= 0.6 is 0 Å². The normalized spacial score (nSPS) is 10.7. The Hall–Kier alpha value is -1.02. The molecule has 0 saturated heterocycles. The van der Waals surface area contributed by atoms with Crippen molar-refractivity contribution in [3.63, 3.8) is 0 Å². The predicted molar refractivity (Wildman–Crippen MR) is 72.0 cm³/mol. The van der Waals surface area contributed by atoms with E-state index in [0.29, 0.717) is 0 Å². The number of hydrogen-bond donors (Lipinski definition) is 1. The monoisotopic (exact) mass is 220 g/mol. The first-order chi connectivity index (χ1) is 7.79. The first kappa shape index (κ1) is 13.0. The molecule has 0 radical (unpaired) electrons. The van der Waals surface area contributed by atoms with Gasteiger partial charge in [0.15, 0.2) is 0 Å². The maximum Gasteiger partial charge on any atom is 0.0340 e. The van der Waals surface area contributed by atoms with Gasteiger partial charge < -0.3 is 10.2 Å². The first-order valence-corrected chi connectivity index (χ1v) is 6.22. The van der Waals surface area contributed by atoms with E-state index in [-0.39, 0.29) is 0 Å². The van der Waals surface area contributed by atoms with E-state index in [1.54, 1.807) is 0 Å². The van der Waals surface area contributed by atoms with E-state index in [1.165, 1.54) is 37.9 Å². The van der Waals surface area contributed by atoms with Crippen LogP contribution in [0.4, 0.5) is 5.69 Å². The summed E-state index contributed by atoms with van der Waals surface area (Å²) in [6, 6.07) is 10.4. The molecule has 0 saturated carbocycles. The fourth-order valence-electron chi connectivity index (χ4n) is 1.70. The van der Waals surface area contributed by atoms with Crippen LogP contribution < -0.4 is 5.32 Å². The molecule has 2 heteroatoms. The zero-order valence-corrected chi connectivity index (χ0v) is 10.6. The molecule has 0 aliphatic rings. The molecule has 2 nitrogen and oxygen atoms in total.